The first kappa shape index (κ1) is 22.1. The summed E-state index contributed by atoms with van der Waals surface area (Å²) in [5.74, 6) is 1.14. The lowest BCUT2D eigenvalue weighted by molar-refractivity contribution is 0.269. The van der Waals surface area contributed by atoms with Gasteiger partial charge in [0.05, 0.1) is 18.1 Å². The van der Waals surface area contributed by atoms with Crippen LogP contribution in [0.15, 0.2) is 29.3 Å². The number of nitrogens with zero attached hydrogens (tertiary/aromatic N) is 3. The Bertz CT molecular complexity index is 779. The van der Waals surface area contributed by atoms with Crippen LogP contribution in [-0.2, 0) is 22.9 Å². The third-order valence-electron chi connectivity index (χ3n) is 5.58. The molecule has 2 N–H and O–H groups in total. The van der Waals surface area contributed by atoms with Crippen molar-refractivity contribution in [1.29, 1.82) is 0 Å². The van der Waals surface area contributed by atoms with Crippen molar-refractivity contribution in [3.8, 4) is 0 Å². The quantitative estimate of drug-likeness (QED) is 0.529. The Morgan fingerprint density at radius 1 is 1.14 bits per heavy atom. The van der Waals surface area contributed by atoms with Crippen molar-refractivity contribution >= 4 is 15.8 Å². The van der Waals surface area contributed by atoms with Crippen LogP contribution in [0.2, 0.25) is 0 Å². The van der Waals surface area contributed by atoms with Crippen molar-refractivity contribution in [3.63, 3.8) is 0 Å². The van der Waals surface area contributed by atoms with Crippen LogP contribution in [-0.4, -0.2) is 81.5 Å². The van der Waals surface area contributed by atoms with Gasteiger partial charge in [0.2, 0.25) is 0 Å². The van der Waals surface area contributed by atoms with Gasteiger partial charge in [0.25, 0.3) is 0 Å². The molecule has 7 nitrogen and oxygen atoms in total. The van der Waals surface area contributed by atoms with Gasteiger partial charge in [-0.05, 0) is 51.0 Å². The zero-order chi connectivity index (χ0) is 20.7. The molecular weight excluding hydrogens is 386 g/mol. The van der Waals surface area contributed by atoms with Crippen LogP contribution in [0.5, 0.6) is 0 Å². The fourth-order valence-electron chi connectivity index (χ4n) is 3.86. The Balaban J connectivity index is 1.53. The number of hydrogen-bond donors (Lipinski definition) is 2. The van der Waals surface area contributed by atoms with E-state index in [0.717, 1.165) is 38.3 Å². The molecule has 29 heavy (non-hydrogen) atoms. The van der Waals surface area contributed by atoms with Crippen molar-refractivity contribution in [2.45, 2.75) is 38.9 Å². The lowest BCUT2D eigenvalue weighted by atomic mass is 10.1. The monoisotopic (exact) mass is 421 g/mol. The maximum absolute atomic E-state index is 11.7. The number of benzene rings is 1. The number of nitrogens with one attached hydrogen (secondary N) is 2. The van der Waals surface area contributed by atoms with Crippen molar-refractivity contribution in [2.75, 3.05) is 51.3 Å². The smallest absolute Gasteiger partial charge is 0.191 e. The minimum Gasteiger partial charge on any atom is -0.357 e. The molecule has 1 unspecified atom stereocenters. The number of aliphatic imine (C=N–C) groups is 1. The van der Waals surface area contributed by atoms with Gasteiger partial charge in [-0.25, -0.2) is 13.4 Å². The molecule has 0 aliphatic carbocycles. The average molecular weight is 422 g/mol. The standard InChI is InChI=1S/C21H35N5O2S/c1-3-22-21(24-20-9-14-29(27,28)17-20)23-15-18-5-7-19(8-6-18)16-26-11-4-10-25(2)12-13-26/h5-8,20H,3-4,9-17H2,1-2H3,(H2,22,23,24). The van der Waals surface area contributed by atoms with Crippen LogP contribution in [0.4, 0.5) is 0 Å². The number of sulfone groups is 1. The number of hydrogen-bond acceptors (Lipinski definition) is 5. The van der Waals surface area contributed by atoms with Crippen LogP contribution in [0, 0.1) is 0 Å². The van der Waals surface area contributed by atoms with Crippen LogP contribution in [0.25, 0.3) is 0 Å². The van der Waals surface area contributed by atoms with Gasteiger partial charge in [-0.3, -0.25) is 4.90 Å². The molecule has 0 spiro atoms. The van der Waals surface area contributed by atoms with E-state index in [0.29, 0.717) is 18.9 Å². The highest BCUT2D eigenvalue weighted by Crippen LogP contribution is 2.12. The molecule has 3 rings (SSSR count). The van der Waals surface area contributed by atoms with E-state index in [2.05, 4.69) is 56.7 Å². The fraction of sp³-hybridized carbons (Fsp3) is 0.667. The van der Waals surface area contributed by atoms with Gasteiger partial charge in [0, 0.05) is 32.2 Å². The van der Waals surface area contributed by atoms with E-state index in [1.54, 1.807) is 0 Å². The molecule has 2 saturated heterocycles. The van der Waals surface area contributed by atoms with Gasteiger partial charge >= 0.3 is 0 Å². The molecule has 0 bridgehead atoms. The summed E-state index contributed by atoms with van der Waals surface area (Å²) in [5.41, 5.74) is 2.49. The maximum atomic E-state index is 11.7. The van der Waals surface area contributed by atoms with Crippen LogP contribution < -0.4 is 10.6 Å². The van der Waals surface area contributed by atoms with Crippen LogP contribution >= 0.6 is 0 Å². The minimum absolute atomic E-state index is 0.0483. The number of rotatable bonds is 6. The molecule has 1 aromatic rings. The first-order chi connectivity index (χ1) is 13.9. The molecule has 1 aromatic carbocycles. The summed E-state index contributed by atoms with van der Waals surface area (Å²) in [7, 11) is -0.702. The summed E-state index contributed by atoms with van der Waals surface area (Å²) in [6.07, 6.45) is 1.87. The predicted molar refractivity (Wildman–Crippen MR) is 119 cm³/mol. The fourth-order valence-corrected chi connectivity index (χ4v) is 5.53. The third kappa shape index (κ3) is 7.28. The van der Waals surface area contributed by atoms with E-state index in [9.17, 15) is 8.42 Å². The highest BCUT2D eigenvalue weighted by atomic mass is 32.2. The molecule has 2 aliphatic heterocycles. The normalized spacial score (nSPS) is 23.7. The molecular formula is C21H35N5O2S. The highest BCUT2D eigenvalue weighted by Gasteiger charge is 2.28. The van der Waals surface area contributed by atoms with Gasteiger partial charge in [0.15, 0.2) is 15.8 Å². The largest absolute Gasteiger partial charge is 0.357 e. The lowest BCUT2D eigenvalue weighted by Gasteiger charge is -2.20. The molecule has 2 aliphatic rings. The maximum Gasteiger partial charge on any atom is 0.191 e. The molecule has 2 heterocycles. The van der Waals surface area contributed by atoms with E-state index in [1.165, 1.54) is 18.5 Å². The second-order valence-electron chi connectivity index (χ2n) is 8.19. The topological polar surface area (TPSA) is 77.0 Å². The van der Waals surface area contributed by atoms with Gasteiger partial charge in [-0.15, -0.1) is 0 Å². The number of likely N-dealkylation sites (N-methyl/N-ethyl adjacent to an activating group) is 1. The van der Waals surface area contributed by atoms with Crippen LogP contribution in [0.3, 0.4) is 0 Å². The van der Waals surface area contributed by atoms with Gasteiger partial charge < -0.3 is 15.5 Å². The van der Waals surface area contributed by atoms with Crippen molar-refractivity contribution < 1.29 is 8.42 Å². The number of guanidine groups is 1. The summed E-state index contributed by atoms with van der Waals surface area (Å²) < 4.78 is 23.3. The summed E-state index contributed by atoms with van der Waals surface area (Å²) in [6.45, 7) is 8.93. The predicted octanol–water partition coefficient (Wildman–Crippen LogP) is 1.07. The zero-order valence-corrected chi connectivity index (χ0v) is 18.5. The third-order valence-corrected chi connectivity index (χ3v) is 7.35. The van der Waals surface area contributed by atoms with E-state index in [1.807, 2.05) is 6.92 Å². The van der Waals surface area contributed by atoms with Crippen molar-refractivity contribution in [3.05, 3.63) is 35.4 Å². The lowest BCUT2D eigenvalue weighted by Crippen LogP contribution is -2.44. The molecule has 2 fully saturated rings. The molecule has 0 radical (unpaired) electrons. The molecule has 1 atom stereocenters. The second-order valence-corrected chi connectivity index (χ2v) is 10.4. The average Bonchev–Trinajstić information content (AvgIpc) is 2.89. The summed E-state index contributed by atoms with van der Waals surface area (Å²) in [5, 5.41) is 6.48. The Morgan fingerprint density at radius 3 is 2.59 bits per heavy atom. The summed E-state index contributed by atoms with van der Waals surface area (Å²) in [6, 6.07) is 8.64. The Hall–Kier alpha value is -1.64. The first-order valence-corrected chi connectivity index (χ1v) is 12.5. The molecule has 0 amide bonds. The minimum atomic E-state index is -2.90. The van der Waals surface area contributed by atoms with Crippen molar-refractivity contribution in [1.82, 2.24) is 20.4 Å². The SMILES string of the molecule is CCNC(=NCc1ccc(CN2CCCN(C)CC2)cc1)NC1CCS(=O)(=O)C1. The zero-order valence-electron chi connectivity index (χ0n) is 17.7. The van der Waals surface area contributed by atoms with Crippen LogP contribution in [0.1, 0.15) is 30.9 Å². The summed E-state index contributed by atoms with van der Waals surface area (Å²) >= 11 is 0. The van der Waals surface area contributed by atoms with E-state index in [-0.39, 0.29) is 17.5 Å². The molecule has 0 aromatic heterocycles. The van der Waals surface area contributed by atoms with E-state index in [4.69, 9.17) is 0 Å². The van der Waals surface area contributed by atoms with Gasteiger partial charge in [-0.1, -0.05) is 24.3 Å². The Kier molecular flexibility index (Phi) is 7.91. The second kappa shape index (κ2) is 10.4. The molecule has 0 saturated carbocycles. The Labute approximate surface area is 175 Å². The highest BCUT2D eigenvalue weighted by molar-refractivity contribution is 7.91. The van der Waals surface area contributed by atoms with E-state index < -0.39 is 9.84 Å². The summed E-state index contributed by atoms with van der Waals surface area (Å²) in [4.78, 5) is 9.57. The van der Waals surface area contributed by atoms with Gasteiger partial charge in [0.1, 0.15) is 0 Å². The Morgan fingerprint density at radius 2 is 1.90 bits per heavy atom. The molecule has 8 heteroatoms. The first-order valence-electron chi connectivity index (χ1n) is 10.7. The van der Waals surface area contributed by atoms with Gasteiger partial charge in [-0.2, -0.15) is 0 Å². The molecule has 162 valence electrons. The van der Waals surface area contributed by atoms with E-state index >= 15 is 0 Å². The van der Waals surface area contributed by atoms with Crippen molar-refractivity contribution in [2.24, 2.45) is 4.99 Å².